The minimum atomic E-state index is -1.62. The lowest BCUT2D eigenvalue weighted by Crippen LogP contribution is -2.60. The van der Waals surface area contributed by atoms with Crippen LogP contribution >= 0.6 is 0 Å². The summed E-state index contributed by atoms with van der Waals surface area (Å²) >= 11 is 0. The molecule has 5 atom stereocenters. The van der Waals surface area contributed by atoms with E-state index in [1.165, 1.54) is 19.4 Å². The molecule has 3 rings (SSSR count). The molecule has 3 amide bonds. The largest absolute Gasteiger partial charge is 0.481 e. The number of para-hydroxylation sites is 1. The standard InChI is InChI=1S/C26H33N7O8/c1-13(34)22(25(39)32-20(26(40)41)8-14-10-29-18-5-3-2-4-16(14)18)33-24(38)19(6-7-21(35)36)31-23(37)17(27)9-15-11-28-12-30-15/h2-5,10-13,17,19-20,22,29,34H,6-9,27H2,1H3,(H,28,30)(H,31,37)(H,32,39)(H,33,38)(H,35,36)(H,40,41). The van der Waals surface area contributed by atoms with Crippen molar-refractivity contribution < 1.29 is 39.3 Å². The van der Waals surface area contributed by atoms with Gasteiger partial charge >= 0.3 is 11.9 Å². The van der Waals surface area contributed by atoms with Crippen molar-refractivity contribution in [1.29, 1.82) is 0 Å². The van der Waals surface area contributed by atoms with Gasteiger partial charge in [0.2, 0.25) is 17.7 Å². The molecule has 0 bridgehead atoms. The number of aromatic nitrogens is 3. The zero-order valence-corrected chi connectivity index (χ0v) is 22.2. The van der Waals surface area contributed by atoms with Crippen LogP contribution in [0.5, 0.6) is 0 Å². The number of aliphatic hydroxyl groups excluding tert-OH is 1. The summed E-state index contributed by atoms with van der Waals surface area (Å²) in [6.45, 7) is 1.21. The average Bonchev–Trinajstić information content (AvgIpc) is 3.58. The second kappa shape index (κ2) is 14.0. The number of carboxylic acids is 2. The fraction of sp³-hybridized carbons (Fsp3) is 0.385. The van der Waals surface area contributed by atoms with Crippen molar-refractivity contribution in [1.82, 2.24) is 30.9 Å². The minimum absolute atomic E-state index is 0.0603. The Hall–Kier alpha value is -4.76. The number of hydrogen-bond acceptors (Lipinski definition) is 8. The number of rotatable bonds is 15. The number of benzene rings is 1. The van der Waals surface area contributed by atoms with Crippen molar-refractivity contribution in [3.8, 4) is 0 Å². The van der Waals surface area contributed by atoms with Gasteiger partial charge in [0, 0.05) is 48.3 Å². The van der Waals surface area contributed by atoms with Gasteiger partial charge in [0.25, 0.3) is 0 Å². The quantitative estimate of drug-likeness (QED) is 0.105. The first-order chi connectivity index (χ1) is 19.5. The molecule has 0 aliphatic rings. The first-order valence-electron chi connectivity index (χ1n) is 12.8. The molecule has 0 radical (unpaired) electrons. The predicted molar refractivity (Wildman–Crippen MR) is 144 cm³/mol. The summed E-state index contributed by atoms with van der Waals surface area (Å²) in [5.41, 5.74) is 7.89. The van der Waals surface area contributed by atoms with Crippen LogP contribution in [0.2, 0.25) is 0 Å². The predicted octanol–water partition coefficient (Wildman–Crippen LogP) is -1.21. The number of amides is 3. The van der Waals surface area contributed by atoms with Crippen LogP contribution in [-0.4, -0.2) is 90.2 Å². The number of aromatic amines is 2. The Labute approximate surface area is 233 Å². The molecule has 15 nitrogen and oxygen atoms in total. The topological polar surface area (TPSA) is 253 Å². The number of carboxylic acid groups (broad SMARTS) is 2. The summed E-state index contributed by atoms with van der Waals surface area (Å²) in [6.07, 6.45) is 2.17. The maximum Gasteiger partial charge on any atom is 0.326 e. The number of hydrogen-bond donors (Lipinski definition) is 9. The lowest BCUT2D eigenvalue weighted by Gasteiger charge is -2.26. The third-order valence-electron chi connectivity index (χ3n) is 6.39. The minimum Gasteiger partial charge on any atom is -0.481 e. The summed E-state index contributed by atoms with van der Waals surface area (Å²) in [5.74, 6) is -5.27. The summed E-state index contributed by atoms with van der Waals surface area (Å²) in [6, 6.07) is 1.68. The number of imidazole rings is 1. The molecule has 1 aromatic carbocycles. The molecule has 0 aliphatic carbocycles. The van der Waals surface area contributed by atoms with Crippen molar-refractivity contribution in [3.63, 3.8) is 0 Å². The Kier molecular flexibility index (Phi) is 10.5. The summed E-state index contributed by atoms with van der Waals surface area (Å²) in [7, 11) is 0. The molecule has 0 saturated carbocycles. The van der Waals surface area contributed by atoms with Crippen LogP contribution in [0.4, 0.5) is 0 Å². The normalized spacial score (nSPS) is 14.8. The zero-order chi connectivity index (χ0) is 30.1. The van der Waals surface area contributed by atoms with Crippen LogP contribution < -0.4 is 21.7 Å². The second-order valence-corrected chi connectivity index (χ2v) is 9.57. The van der Waals surface area contributed by atoms with Gasteiger partial charge in [0.15, 0.2) is 0 Å². The third-order valence-corrected chi connectivity index (χ3v) is 6.39. The van der Waals surface area contributed by atoms with E-state index in [0.29, 0.717) is 11.3 Å². The van der Waals surface area contributed by atoms with Crippen LogP contribution in [0.3, 0.4) is 0 Å². The number of H-pyrrole nitrogens is 2. The third kappa shape index (κ3) is 8.61. The Morgan fingerprint density at radius 2 is 1.66 bits per heavy atom. The van der Waals surface area contributed by atoms with Crippen molar-refractivity contribution in [2.45, 2.75) is 62.9 Å². The van der Waals surface area contributed by atoms with E-state index in [1.54, 1.807) is 18.3 Å². The molecule has 0 fully saturated rings. The van der Waals surface area contributed by atoms with Crippen LogP contribution in [-0.2, 0) is 36.8 Å². The first kappa shape index (κ1) is 30.8. The first-order valence-corrected chi connectivity index (χ1v) is 12.8. The molecule has 3 aromatic rings. The van der Waals surface area contributed by atoms with Crippen molar-refractivity contribution >= 4 is 40.6 Å². The monoisotopic (exact) mass is 571 g/mol. The summed E-state index contributed by atoms with van der Waals surface area (Å²) in [5, 5.41) is 36.9. The fourth-order valence-electron chi connectivity index (χ4n) is 4.18. The van der Waals surface area contributed by atoms with Gasteiger partial charge in [-0.15, -0.1) is 0 Å². The van der Waals surface area contributed by atoms with E-state index in [4.69, 9.17) is 10.8 Å². The molecule has 0 spiro atoms. The van der Waals surface area contributed by atoms with Gasteiger partial charge in [-0.05, 0) is 25.0 Å². The number of nitrogens with one attached hydrogen (secondary N) is 5. The molecule has 0 saturated heterocycles. The average molecular weight is 572 g/mol. The van der Waals surface area contributed by atoms with Crippen molar-refractivity contribution in [3.05, 3.63) is 54.2 Å². The smallest absolute Gasteiger partial charge is 0.326 e. The van der Waals surface area contributed by atoms with Crippen molar-refractivity contribution in [2.75, 3.05) is 0 Å². The molecule has 10 N–H and O–H groups in total. The van der Waals surface area contributed by atoms with Crippen LogP contribution in [0, 0.1) is 0 Å². The van der Waals surface area contributed by atoms with Gasteiger partial charge in [-0.2, -0.15) is 0 Å². The van der Waals surface area contributed by atoms with Crippen molar-refractivity contribution in [2.24, 2.45) is 5.73 Å². The number of carbonyl (C=O) groups excluding carboxylic acids is 3. The van der Waals surface area contributed by atoms with E-state index in [9.17, 15) is 34.2 Å². The van der Waals surface area contributed by atoms with E-state index in [1.807, 2.05) is 12.1 Å². The van der Waals surface area contributed by atoms with Crippen LogP contribution in [0.25, 0.3) is 10.9 Å². The van der Waals surface area contributed by atoms with Crippen LogP contribution in [0.1, 0.15) is 31.0 Å². The molecule has 2 aromatic heterocycles. The molecular weight excluding hydrogens is 538 g/mol. The van der Waals surface area contributed by atoms with E-state index in [0.717, 1.165) is 10.9 Å². The molecular formula is C26H33N7O8. The van der Waals surface area contributed by atoms with E-state index in [-0.39, 0.29) is 19.3 Å². The summed E-state index contributed by atoms with van der Waals surface area (Å²) in [4.78, 5) is 71.6. The van der Waals surface area contributed by atoms with Gasteiger partial charge in [-0.3, -0.25) is 19.2 Å². The highest BCUT2D eigenvalue weighted by atomic mass is 16.4. The van der Waals surface area contributed by atoms with E-state index >= 15 is 0 Å². The number of nitrogens with two attached hydrogens (primary N) is 1. The number of aliphatic hydroxyl groups is 1. The van der Waals surface area contributed by atoms with Gasteiger partial charge < -0.3 is 47.0 Å². The molecule has 5 unspecified atom stereocenters. The Bertz CT molecular complexity index is 1370. The Morgan fingerprint density at radius 3 is 2.29 bits per heavy atom. The number of aliphatic carboxylic acids is 2. The lowest BCUT2D eigenvalue weighted by atomic mass is 10.0. The molecule has 220 valence electrons. The molecule has 15 heteroatoms. The maximum absolute atomic E-state index is 13.1. The lowest BCUT2D eigenvalue weighted by molar-refractivity contribution is -0.143. The molecule has 2 heterocycles. The van der Waals surface area contributed by atoms with Gasteiger partial charge in [-0.1, -0.05) is 18.2 Å². The Morgan fingerprint density at radius 1 is 0.951 bits per heavy atom. The zero-order valence-electron chi connectivity index (χ0n) is 22.2. The van der Waals surface area contributed by atoms with E-state index < -0.39 is 66.4 Å². The van der Waals surface area contributed by atoms with E-state index in [2.05, 4.69) is 30.9 Å². The second-order valence-electron chi connectivity index (χ2n) is 9.57. The van der Waals surface area contributed by atoms with Gasteiger partial charge in [-0.25, -0.2) is 9.78 Å². The van der Waals surface area contributed by atoms with Crippen LogP contribution in [0.15, 0.2) is 43.0 Å². The highest BCUT2D eigenvalue weighted by molar-refractivity contribution is 5.95. The molecule has 0 aliphatic heterocycles. The highest BCUT2D eigenvalue weighted by Crippen LogP contribution is 2.19. The van der Waals surface area contributed by atoms with Gasteiger partial charge in [0.1, 0.15) is 18.1 Å². The Balaban J connectivity index is 1.70. The maximum atomic E-state index is 13.1. The SMILES string of the molecule is CC(O)C(NC(=O)C(CCC(=O)O)NC(=O)C(N)Cc1cnc[nH]1)C(=O)NC(Cc1c[nH]c2ccccc12)C(=O)O. The fourth-order valence-corrected chi connectivity index (χ4v) is 4.18. The number of fused-ring (bicyclic) bond motifs is 1. The molecule has 41 heavy (non-hydrogen) atoms. The highest BCUT2D eigenvalue weighted by Gasteiger charge is 2.33. The summed E-state index contributed by atoms with van der Waals surface area (Å²) < 4.78 is 0. The number of nitrogens with zero attached hydrogens (tertiary/aromatic N) is 1. The number of carbonyl (C=O) groups is 5. The van der Waals surface area contributed by atoms with Gasteiger partial charge in [0.05, 0.1) is 18.5 Å².